The number of piperidine rings is 1. The number of rotatable bonds is 24. The van der Waals surface area contributed by atoms with Crippen molar-refractivity contribution in [1.82, 2.24) is 0 Å². The van der Waals surface area contributed by atoms with Crippen LogP contribution in [0, 0.1) is 0 Å². The van der Waals surface area contributed by atoms with Crippen LogP contribution in [0.3, 0.4) is 0 Å². The van der Waals surface area contributed by atoms with Gasteiger partial charge in [0.2, 0.25) is 0 Å². The van der Waals surface area contributed by atoms with Gasteiger partial charge in [-0.1, -0.05) is 103 Å². The molecule has 1 aliphatic rings. The molecule has 1 atom stereocenters. The zero-order valence-electron chi connectivity index (χ0n) is 23.5. The fourth-order valence-electron chi connectivity index (χ4n) is 4.97. The van der Waals surface area contributed by atoms with Gasteiger partial charge < -0.3 is 14.1 Å². The summed E-state index contributed by atoms with van der Waals surface area (Å²) in [6, 6.07) is 0. The molecule has 0 saturated carbocycles. The maximum atomic E-state index is 12.3. The molecule has 6 nitrogen and oxygen atoms in total. The van der Waals surface area contributed by atoms with Crippen LogP contribution in [0.25, 0.3) is 0 Å². The number of likely N-dealkylation sites (N-methyl/N-ethyl adjacent to an activating group) is 1. The van der Waals surface area contributed by atoms with E-state index in [-0.39, 0.29) is 6.10 Å². The van der Waals surface area contributed by atoms with Gasteiger partial charge in [-0.3, -0.25) is 9.05 Å². The Morgan fingerprint density at radius 2 is 1.20 bits per heavy atom. The second-order valence-electron chi connectivity index (χ2n) is 10.9. The molecule has 0 radical (unpaired) electrons. The Kier molecular flexibility index (Phi) is 19.9. The van der Waals surface area contributed by atoms with Gasteiger partial charge >= 0.3 is 7.82 Å². The zero-order valence-corrected chi connectivity index (χ0v) is 24.4. The molecule has 0 aromatic carbocycles. The van der Waals surface area contributed by atoms with Crippen molar-refractivity contribution in [2.24, 2.45) is 0 Å². The minimum Gasteiger partial charge on any atom is -0.376 e. The third-order valence-electron chi connectivity index (χ3n) is 7.50. The Morgan fingerprint density at radius 3 is 1.66 bits per heavy atom. The van der Waals surface area contributed by atoms with Gasteiger partial charge in [-0.25, -0.2) is 4.57 Å². The van der Waals surface area contributed by atoms with Crippen molar-refractivity contribution in [3.05, 3.63) is 0 Å². The lowest BCUT2D eigenvalue weighted by Crippen LogP contribution is -2.52. The fraction of sp³-hybridized carbons (Fsp3) is 1.00. The minimum atomic E-state index is -3.95. The Morgan fingerprint density at radius 1 is 0.743 bits per heavy atom. The van der Waals surface area contributed by atoms with Crippen molar-refractivity contribution in [3.8, 4) is 0 Å². The Bertz CT molecular complexity index is 525. The maximum Gasteiger partial charge on any atom is 0.472 e. The topological polar surface area (TPSA) is 65.0 Å². The number of likely N-dealkylation sites (tertiary alicyclic amines) is 1. The van der Waals surface area contributed by atoms with Crippen LogP contribution in [0.15, 0.2) is 0 Å². The van der Waals surface area contributed by atoms with Gasteiger partial charge in [0.25, 0.3) is 0 Å². The van der Waals surface area contributed by atoms with Gasteiger partial charge in [-0.15, -0.1) is 0 Å². The lowest BCUT2D eigenvalue weighted by Gasteiger charge is -2.40. The standard InChI is InChI=1S/C28H58NO5P/c1-4-6-7-8-9-10-11-12-13-14-15-16-17-18-19-20-26-33-35(30,31)34-28-21-23-29(3,24-22-28)25-27-32-5-2/h28H,4-27H2,1-3H3/p+1. The van der Waals surface area contributed by atoms with E-state index in [0.29, 0.717) is 6.61 Å². The molecule has 1 unspecified atom stereocenters. The van der Waals surface area contributed by atoms with Crippen LogP contribution in [0.4, 0.5) is 0 Å². The Balaban J connectivity index is 1.91. The van der Waals surface area contributed by atoms with Crippen molar-refractivity contribution in [3.63, 3.8) is 0 Å². The quantitative estimate of drug-likeness (QED) is 0.0793. The van der Waals surface area contributed by atoms with E-state index in [0.717, 1.165) is 63.0 Å². The molecule has 210 valence electrons. The normalized spacial score (nSPS) is 22.3. The predicted octanol–water partition coefficient (Wildman–Crippen LogP) is 8.03. The van der Waals surface area contributed by atoms with Crippen molar-refractivity contribution in [2.45, 2.75) is 136 Å². The molecule has 1 aliphatic heterocycles. The average molecular weight is 521 g/mol. The number of quaternary nitrogens is 1. The number of ether oxygens (including phenoxy) is 1. The number of nitrogens with zero attached hydrogens (tertiary/aromatic N) is 1. The molecular formula is C28H59NO5P+. The lowest BCUT2D eigenvalue weighted by atomic mass is 10.0. The predicted molar refractivity (Wildman–Crippen MR) is 147 cm³/mol. The van der Waals surface area contributed by atoms with Gasteiger partial charge in [-0.2, -0.15) is 0 Å². The van der Waals surface area contributed by atoms with Crippen LogP contribution in [0.5, 0.6) is 0 Å². The van der Waals surface area contributed by atoms with E-state index in [1.165, 1.54) is 89.9 Å². The molecule has 35 heavy (non-hydrogen) atoms. The molecule has 0 bridgehead atoms. The molecular weight excluding hydrogens is 461 g/mol. The first-order valence-electron chi connectivity index (χ1n) is 15.0. The zero-order chi connectivity index (χ0) is 25.7. The second kappa shape index (κ2) is 21.0. The van der Waals surface area contributed by atoms with Gasteiger partial charge in [0.1, 0.15) is 6.54 Å². The number of phosphoric acid groups is 1. The van der Waals surface area contributed by atoms with Gasteiger partial charge in [-0.05, 0) is 13.3 Å². The van der Waals surface area contributed by atoms with E-state index < -0.39 is 7.82 Å². The molecule has 1 fully saturated rings. The van der Waals surface area contributed by atoms with Gasteiger partial charge in [0.05, 0.1) is 39.5 Å². The summed E-state index contributed by atoms with van der Waals surface area (Å²) in [6.45, 7) is 8.97. The molecule has 0 spiro atoms. The SMILES string of the molecule is CCCCCCCCCCCCCCCCCCOP(=O)(O)OC1CC[N+](C)(CCOCC)CC1. The van der Waals surface area contributed by atoms with E-state index in [2.05, 4.69) is 14.0 Å². The van der Waals surface area contributed by atoms with E-state index in [1.807, 2.05) is 6.92 Å². The Hall–Kier alpha value is 0.0300. The molecule has 7 heteroatoms. The summed E-state index contributed by atoms with van der Waals surface area (Å²) in [5.74, 6) is 0. The highest BCUT2D eigenvalue weighted by molar-refractivity contribution is 7.47. The van der Waals surface area contributed by atoms with Gasteiger partial charge in [0.15, 0.2) is 0 Å². The number of phosphoric ester groups is 1. The van der Waals surface area contributed by atoms with Crippen LogP contribution in [-0.4, -0.2) is 62.0 Å². The molecule has 1 saturated heterocycles. The van der Waals surface area contributed by atoms with Crippen LogP contribution < -0.4 is 0 Å². The van der Waals surface area contributed by atoms with E-state index in [1.54, 1.807) is 0 Å². The summed E-state index contributed by atoms with van der Waals surface area (Å²) >= 11 is 0. The molecule has 1 rings (SSSR count). The van der Waals surface area contributed by atoms with E-state index in [9.17, 15) is 9.46 Å². The van der Waals surface area contributed by atoms with Crippen molar-refractivity contribution in [1.29, 1.82) is 0 Å². The summed E-state index contributed by atoms with van der Waals surface area (Å²) in [4.78, 5) is 10.1. The molecule has 1 heterocycles. The fourth-order valence-corrected chi connectivity index (χ4v) is 5.98. The highest BCUT2D eigenvalue weighted by Crippen LogP contribution is 2.46. The van der Waals surface area contributed by atoms with Gasteiger partial charge in [0, 0.05) is 19.4 Å². The van der Waals surface area contributed by atoms with Crippen LogP contribution >= 0.6 is 7.82 Å². The lowest BCUT2D eigenvalue weighted by molar-refractivity contribution is -0.915. The summed E-state index contributed by atoms with van der Waals surface area (Å²) < 4.78 is 29.4. The second-order valence-corrected chi connectivity index (χ2v) is 12.3. The van der Waals surface area contributed by atoms with Crippen molar-refractivity contribution >= 4 is 7.82 Å². The molecule has 0 aliphatic carbocycles. The first kappa shape index (κ1) is 33.1. The van der Waals surface area contributed by atoms with Crippen LogP contribution in [-0.2, 0) is 18.3 Å². The number of hydrogen-bond donors (Lipinski definition) is 1. The minimum absolute atomic E-state index is 0.185. The molecule has 0 aromatic heterocycles. The van der Waals surface area contributed by atoms with Crippen LogP contribution in [0.2, 0.25) is 0 Å². The maximum absolute atomic E-state index is 12.3. The van der Waals surface area contributed by atoms with Crippen molar-refractivity contribution < 1.29 is 27.7 Å². The average Bonchev–Trinajstić information content (AvgIpc) is 2.83. The highest BCUT2D eigenvalue weighted by atomic mass is 31.2. The third-order valence-corrected chi connectivity index (χ3v) is 8.57. The third kappa shape index (κ3) is 18.9. The van der Waals surface area contributed by atoms with Crippen LogP contribution in [0.1, 0.15) is 129 Å². The molecule has 0 aromatic rings. The number of hydrogen-bond acceptors (Lipinski definition) is 4. The van der Waals surface area contributed by atoms with E-state index in [4.69, 9.17) is 13.8 Å². The first-order chi connectivity index (χ1) is 16.9. The highest BCUT2D eigenvalue weighted by Gasteiger charge is 2.34. The summed E-state index contributed by atoms with van der Waals surface area (Å²) in [7, 11) is -1.73. The van der Waals surface area contributed by atoms with Crippen molar-refractivity contribution in [2.75, 3.05) is 46.5 Å². The monoisotopic (exact) mass is 520 g/mol. The summed E-state index contributed by atoms with van der Waals surface area (Å²) in [6.07, 6.45) is 22.4. The summed E-state index contributed by atoms with van der Waals surface area (Å²) in [5, 5.41) is 0. The number of unbranched alkanes of at least 4 members (excludes halogenated alkanes) is 15. The first-order valence-corrected chi connectivity index (χ1v) is 16.5. The smallest absolute Gasteiger partial charge is 0.376 e. The Labute approximate surface area is 217 Å². The summed E-state index contributed by atoms with van der Waals surface area (Å²) in [5.41, 5.74) is 0. The molecule has 1 N–H and O–H groups in total. The van der Waals surface area contributed by atoms with E-state index >= 15 is 0 Å². The molecule has 0 amide bonds. The largest absolute Gasteiger partial charge is 0.472 e.